The summed E-state index contributed by atoms with van der Waals surface area (Å²) in [4.78, 5) is 11.1. The van der Waals surface area contributed by atoms with Gasteiger partial charge in [0.15, 0.2) is 0 Å². The van der Waals surface area contributed by atoms with Crippen molar-refractivity contribution in [2.45, 2.75) is 0 Å². The summed E-state index contributed by atoms with van der Waals surface area (Å²) in [7, 11) is 0. The minimum Gasteiger partial charge on any atom is -0.386 e. The van der Waals surface area contributed by atoms with Crippen LogP contribution < -0.4 is 5.32 Å². The summed E-state index contributed by atoms with van der Waals surface area (Å²) in [5, 5.41) is 13.5. The van der Waals surface area contributed by atoms with Gasteiger partial charge in [0.2, 0.25) is 0 Å². The van der Waals surface area contributed by atoms with Crippen LogP contribution in [0.4, 0.5) is 4.79 Å². The van der Waals surface area contributed by atoms with Crippen LogP contribution >= 0.6 is 59.7 Å². The molecule has 3 nitrogen and oxygen atoms in total. The van der Waals surface area contributed by atoms with Gasteiger partial charge in [-0.05, 0) is 0 Å². The van der Waals surface area contributed by atoms with E-state index in [9.17, 15) is 4.79 Å². The Labute approximate surface area is 107 Å². The predicted octanol–water partition coefficient (Wildman–Crippen LogP) is 2.34. The van der Waals surface area contributed by atoms with Crippen molar-refractivity contribution in [2.24, 2.45) is 0 Å². The molecule has 0 aliphatic heterocycles. The molecular formula is C6H13NO2S5. The van der Waals surface area contributed by atoms with Gasteiger partial charge in [0.25, 0.3) is 5.24 Å². The zero-order valence-electron chi connectivity index (χ0n) is 7.47. The topological polar surface area (TPSA) is 49.3 Å². The first-order valence-electron chi connectivity index (χ1n) is 3.66. The van der Waals surface area contributed by atoms with Gasteiger partial charge < -0.3 is 10.4 Å². The molecular weight excluding hydrogens is 278 g/mol. The molecule has 0 fully saturated rings. The maximum atomic E-state index is 11.1. The van der Waals surface area contributed by atoms with E-state index in [0.29, 0.717) is 11.0 Å². The molecule has 14 heavy (non-hydrogen) atoms. The summed E-state index contributed by atoms with van der Waals surface area (Å²) >= 11 is 9.89. The monoisotopic (exact) mass is 291 g/mol. The molecule has 8 heteroatoms. The lowest BCUT2D eigenvalue weighted by Gasteiger charge is -2.02. The number of nitrogens with one attached hydrogen (secondary N) is 1. The molecule has 0 atom stereocenters. The van der Waals surface area contributed by atoms with Crippen molar-refractivity contribution < 1.29 is 9.90 Å². The van der Waals surface area contributed by atoms with Gasteiger partial charge in [-0.3, -0.25) is 4.79 Å². The highest BCUT2D eigenvalue weighted by molar-refractivity contribution is 8.27. The van der Waals surface area contributed by atoms with E-state index in [4.69, 9.17) is 5.11 Å². The van der Waals surface area contributed by atoms with Crippen molar-refractivity contribution in [3.63, 3.8) is 0 Å². The first kappa shape index (κ1) is 15.2. The Kier molecular flexibility index (Phi) is 13.3. The van der Waals surface area contributed by atoms with Gasteiger partial charge >= 0.3 is 0 Å². The third kappa shape index (κ3) is 11.3. The number of aliphatic hydroxyl groups excluding tert-OH is 1. The Morgan fingerprint density at radius 2 is 2.07 bits per heavy atom. The Morgan fingerprint density at radius 1 is 1.29 bits per heavy atom. The summed E-state index contributed by atoms with van der Waals surface area (Å²) in [6.45, 7) is 0. The van der Waals surface area contributed by atoms with Crippen LogP contribution in [0.1, 0.15) is 0 Å². The molecule has 0 saturated heterocycles. The number of carbonyl (C=O) groups is 1. The Hall–Kier alpha value is 1.18. The van der Waals surface area contributed by atoms with Crippen molar-refractivity contribution in [1.29, 1.82) is 0 Å². The number of thioether (sulfide) groups is 4. The Bertz CT molecular complexity index is 148. The molecule has 0 heterocycles. The molecule has 0 bridgehead atoms. The second kappa shape index (κ2) is 12.3. The number of rotatable bonds is 8. The fourth-order valence-electron chi connectivity index (χ4n) is 0.432. The van der Waals surface area contributed by atoms with Gasteiger partial charge in [0.1, 0.15) is 0 Å². The molecule has 0 aromatic heterocycles. The maximum absolute atomic E-state index is 11.1. The number of amides is 1. The van der Waals surface area contributed by atoms with Crippen molar-refractivity contribution >= 4 is 64.9 Å². The van der Waals surface area contributed by atoms with Crippen molar-refractivity contribution in [3.05, 3.63) is 0 Å². The average molecular weight is 292 g/mol. The zero-order chi connectivity index (χ0) is 10.6. The van der Waals surface area contributed by atoms with Gasteiger partial charge in [0, 0.05) is 15.3 Å². The van der Waals surface area contributed by atoms with Crippen LogP contribution in [-0.4, -0.2) is 37.4 Å². The van der Waals surface area contributed by atoms with E-state index in [2.05, 4.69) is 17.9 Å². The Balaban J connectivity index is 3.10. The van der Waals surface area contributed by atoms with Crippen molar-refractivity contribution in [2.75, 3.05) is 27.1 Å². The first-order chi connectivity index (χ1) is 6.81. The van der Waals surface area contributed by atoms with E-state index in [1.54, 1.807) is 23.5 Å². The predicted molar refractivity (Wildman–Crippen MR) is 74.4 cm³/mol. The molecule has 0 radical (unpaired) electrons. The standard InChI is InChI=1S/C6H13NO2S5/c8-2-12-4-13-5-14-6(9)7-1-11-3-10/h8,10H,1-5H2,(H,7,9). The minimum absolute atomic E-state index is 0.000724. The van der Waals surface area contributed by atoms with E-state index in [1.807, 2.05) is 0 Å². The summed E-state index contributed by atoms with van der Waals surface area (Å²) in [6.07, 6.45) is 0. The molecule has 0 aromatic rings. The minimum atomic E-state index is 0.000724. The normalized spacial score (nSPS) is 10.1. The SMILES string of the molecule is O=C(NCSCS)SCSCSCO. The van der Waals surface area contributed by atoms with Gasteiger partial charge in [-0.1, -0.05) is 11.8 Å². The molecule has 0 rings (SSSR count). The van der Waals surface area contributed by atoms with Crippen LogP contribution in [0.2, 0.25) is 0 Å². The van der Waals surface area contributed by atoms with Gasteiger partial charge in [0.05, 0.1) is 11.8 Å². The highest BCUT2D eigenvalue weighted by Crippen LogP contribution is 2.17. The van der Waals surface area contributed by atoms with E-state index in [1.165, 1.54) is 23.5 Å². The number of hydrogen-bond donors (Lipinski definition) is 3. The van der Waals surface area contributed by atoms with Crippen LogP contribution in [0.25, 0.3) is 0 Å². The molecule has 84 valence electrons. The van der Waals surface area contributed by atoms with E-state index in [0.717, 1.165) is 10.2 Å². The summed E-state index contributed by atoms with van der Waals surface area (Å²) < 4.78 is 0. The number of hydrogen-bond acceptors (Lipinski definition) is 7. The zero-order valence-corrected chi connectivity index (χ0v) is 11.6. The molecule has 0 aliphatic carbocycles. The molecule has 2 N–H and O–H groups in total. The summed E-state index contributed by atoms with van der Waals surface area (Å²) in [5.74, 6) is 0.758. The van der Waals surface area contributed by atoms with Crippen molar-refractivity contribution in [3.8, 4) is 0 Å². The second-order valence-electron chi connectivity index (χ2n) is 1.86. The van der Waals surface area contributed by atoms with E-state index in [-0.39, 0.29) is 11.2 Å². The fourth-order valence-corrected chi connectivity index (χ4v) is 3.71. The first-order valence-corrected chi connectivity index (χ1v) is 8.75. The van der Waals surface area contributed by atoms with Crippen LogP contribution in [0, 0.1) is 0 Å². The third-order valence-electron chi connectivity index (χ3n) is 0.941. The molecule has 0 aromatic carbocycles. The summed E-state index contributed by atoms with van der Waals surface area (Å²) in [5.41, 5.74) is 0. The number of carbonyl (C=O) groups excluding carboxylic acids is 1. The van der Waals surface area contributed by atoms with Gasteiger partial charge in [-0.15, -0.1) is 35.3 Å². The van der Waals surface area contributed by atoms with E-state index < -0.39 is 0 Å². The fraction of sp³-hybridized carbons (Fsp3) is 0.833. The molecule has 1 amide bonds. The van der Waals surface area contributed by atoms with Crippen LogP contribution in [0.15, 0.2) is 0 Å². The van der Waals surface area contributed by atoms with Crippen LogP contribution in [-0.2, 0) is 0 Å². The Morgan fingerprint density at radius 3 is 2.71 bits per heavy atom. The molecule has 0 spiro atoms. The van der Waals surface area contributed by atoms with Crippen LogP contribution in [0.5, 0.6) is 0 Å². The maximum Gasteiger partial charge on any atom is 0.280 e. The van der Waals surface area contributed by atoms with Crippen LogP contribution in [0.3, 0.4) is 0 Å². The summed E-state index contributed by atoms with van der Waals surface area (Å²) in [6, 6.07) is 0. The molecule has 0 unspecified atom stereocenters. The highest BCUT2D eigenvalue weighted by atomic mass is 32.2. The number of thiol groups is 1. The molecule has 0 saturated carbocycles. The van der Waals surface area contributed by atoms with Crippen molar-refractivity contribution in [1.82, 2.24) is 5.32 Å². The van der Waals surface area contributed by atoms with E-state index >= 15 is 0 Å². The second-order valence-corrected chi connectivity index (χ2v) is 7.21. The largest absolute Gasteiger partial charge is 0.386 e. The third-order valence-corrected chi connectivity index (χ3v) is 5.08. The lowest BCUT2D eigenvalue weighted by molar-refractivity contribution is 0.262. The average Bonchev–Trinajstić information content (AvgIpc) is 2.18. The lowest BCUT2D eigenvalue weighted by Crippen LogP contribution is -2.17. The van der Waals surface area contributed by atoms with Gasteiger partial charge in [-0.2, -0.15) is 12.6 Å². The highest BCUT2D eigenvalue weighted by Gasteiger charge is 2.00. The smallest absolute Gasteiger partial charge is 0.280 e. The quantitative estimate of drug-likeness (QED) is 0.362. The molecule has 0 aliphatic rings. The van der Waals surface area contributed by atoms with Gasteiger partial charge in [-0.25, -0.2) is 0 Å². The number of aliphatic hydroxyl groups is 1. The lowest BCUT2D eigenvalue weighted by atomic mass is 11.2.